The fourth-order valence-corrected chi connectivity index (χ4v) is 0.980. The van der Waals surface area contributed by atoms with Crippen LogP contribution < -0.4 is 5.32 Å². The summed E-state index contributed by atoms with van der Waals surface area (Å²) in [5, 5.41) is 2.44. The second kappa shape index (κ2) is 2.90. The molecule has 0 unspecified atom stereocenters. The molecule has 4 heteroatoms. The van der Waals surface area contributed by atoms with E-state index in [9.17, 15) is 9.59 Å². The Bertz CT molecular complexity index is 190. The molecule has 62 valence electrons. The molecule has 4 nitrogen and oxygen atoms in total. The summed E-state index contributed by atoms with van der Waals surface area (Å²) in [5.74, 6) is -0.307. The third-order valence-corrected chi connectivity index (χ3v) is 1.93. The number of alkyl carbamates (subject to hydrolysis) is 1. The van der Waals surface area contributed by atoms with E-state index < -0.39 is 18.1 Å². The molecule has 1 saturated heterocycles. The number of amides is 1. The van der Waals surface area contributed by atoms with Gasteiger partial charge >= 0.3 is 12.1 Å². The summed E-state index contributed by atoms with van der Waals surface area (Å²) in [7, 11) is 0. The average molecular weight is 157 g/mol. The molecular formula is C7H11NO3. The topological polar surface area (TPSA) is 55.4 Å². The molecule has 1 amide bonds. The van der Waals surface area contributed by atoms with E-state index >= 15 is 0 Å². The Kier molecular flexibility index (Phi) is 2.12. The van der Waals surface area contributed by atoms with Crippen LogP contribution in [0.25, 0.3) is 0 Å². The number of hydrogen-bond donors (Lipinski definition) is 1. The van der Waals surface area contributed by atoms with Gasteiger partial charge < -0.3 is 10.1 Å². The van der Waals surface area contributed by atoms with Crippen LogP contribution in [0.2, 0.25) is 0 Å². The molecule has 0 aliphatic carbocycles. The first-order chi connectivity index (χ1) is 5.15. The van der Waals surface area contributed by atoms with Crippen LogP contribution in [-0.2, 0) is 9.53 Å². The molecule has 2 atom stereocenters. The van der Waals surface area contributed by atoms with Crippen LogP contribution in [0.5, 0.6) is 0 Å². The van der Waals surface area contributed by atoms with Crippen LogP contribution in [0, 0.1) is 5.92 Å². The van der Waals surface area contributed by atoms with Gasteiger partial charge in [-0.2, -0.15) is 0 Å². The van der Waals surface area contributed by atoms with Crippen molar-refractivity contribution in [2.45, 2.75) is 26.3 Å². The first-order valence-corrected chi connectivity index (χ1v) is 3.67. The van der Waals surface area contributed by atoms with Crippen molar-refractivity contribution in [3.8, 4) is 0 Å². The predicted molar refractivity (Wildman–Crippen MR) is 37.9 cm³/mol. The largest absolute Gasteiger partial charge is 0.415 e. The van der Waals surface area contributed by atoms with E-state index in [1.807, 2.05) is 13.8 Å². The summed E-state index contributed by atoms with van der Waals surface area (Å²) in [6.45, 7) is 3.86. The Morgan fingerprint density at radius 2 is 2.27 bits per heavy atom. The maximum Gasteiger partial charge on any atom is 0.415 e. The zero-order chi connectivity index (χ0) is 8.43. The van der Waals surface area contributed by atoms with Crippen molar-refractivity contribution >= 4 is 12.1 Å². The molecule has 1 aliphatic rings. The number of carbonyl (C=O) groups is 2. The summed E-state index contributed by atoms with van der Waals surface area (Å²) < 4.78 is 4.31. The van der Waals surface area contributed by atoms with Crippen LogP contribution in [-0.4, -0.2) is 18.1 Å². The number of cyclic esters (lactones) is 2. The summed E-state index contributed by atoms with van der Waals surface area (Å²) >= 11 is 0. The molecule has 0 aromatic carbocycles. The average Bonchev–Trinajstić information content (AvgIpc) is 2.28. The number of ether oxygens (including phenoxy) is 1. The highest BCUT2D eigenvalue weighted by Crippen LogP contribution is 2.13. The molecule has 1 rings (SSSR count). The minimum absolute atomic E-state index is 0.147. The summed E-state index contributed by atoms with van der Waals surface area (Å²) in [6.07, 6.45) is 0.223. The number of nitrogens with one attached hydrogen (secondary N) is 1. The van der Waals surface area contributed by atoms with Crippen molar-refractivity contribution in [2.75, 3.05) is 0 Å². The van der Waals surface area contributed by atoms with E-state index in [0.29, 0.717) is 0 Å². The lowest BCUT2D eigenvalue weighted by molar-refractivity contribution is -0.136. The van der Waals surface area contributed by atoms with Gasteiger partial charge in [-0.05, 0) is 5.92 Å². The second-order valence-electron chi connectivity index (χ2n) is 2.72. The van der Waals surface area contributed by atoms with Gasteiger partial charge in [0.05, 0.1) is 0 Å². The van der Waals surface area contributed by atoms with Gasteiger partial charge in [-0.1, -0.05) is 20.3 Å². The Labute approximate surface area is 64.9 Å². The smallest absolute Gasteiger partial charge is 0.375 e. The van der Waals surface area contributed by atoms with Gasteiger partial charge in [0.25, 0.3) is 0 Å². The number of esters is 1. The van der Waals surface area contributed by atoms with Gasteiger partial charge in [0.1, 0.15) is 6.04 Å². The summed E-state index contributed by atoms with van der Waals surface area (Å²) in [4.78, 5) is 21.4. The lowest BCUT2D eigenvalue weighted by atomic mass is 10.0. The van der Waals surface area contributed by atoms with E-state index in [4.69, 9.17) is 0 Å². The van der Waals surface area contributed by atoms with Gasteiger partial charge in [-0.25, -0.2) is 9.59 Å². The Hall–Kier alpha value is -1.06. The fourth-order valence-electron chi connectivity index (χ4n) is 0.980. The number of rotatable bonds is 2. The van der Waals surface area contributed by atoms with Gasteiger partial charge in [0, 0.05) is 0 Å². The highest BCUT2D eigenvalue weighted by molar-refractivity contribution is 5.95. The van der Waals surface area contributed by atoms with E-state index in [1.54, 1.807) is 0 Å². The summed E-state index contributed by atoms with van der Waals surface area (Å²) in [6, 6.07) is -0.438. The maximum atomic E-state index is 10.9. The lowest BCUT2D eigenvalue weighted by Gasteiger charge is -2.11. The molecule has 11 heavy (non-hydrogen) atoms. The second-order valence-corrected chi connectivity index (χ2v) is 2.72. The SMILES string of the molecule is CC[C@H](C)[C@H]1NC(=O)OC1=O. The lowest BCUT2D eigenvalue weighted by Crippen LogP contribution is -2.34. The first-order valence-electron chi connectivity index (χ1n) is 3.67. The van der Waals surface area contributed by atoms with Gasteiger partial charge in [-0.15, -0.1) is 0 Å². The normalized spacial score (nSPS) is 26.2. The minimum atomic E-state index is -0.625. The molecule has 0 radical (unpaired) electrons. The highest BCUT2D eigenvalue weighted by Gasteiger charge is 2.35. The molecule has 1 N–H and O–H groups in total. The van der Waals surface area contributed by atoms with Crippen LogP contribution >= 0.6 is 0 Å². The minimum Gasteiger partial charge on any atom is -0.375 e. The molecule has 1 fully saturated rings. The predicted octanol–water partition coefficient (Wildman–Crippen LogP) is 0.667. The van der Waals surface area contributed by atoms with Crippen LogP contribution in [0.4, 0.5) is 4.79 Å². The Balaban J connectivity index is 2.59. The van der Waals surface area contributed by atoms with E-state index in [1.165, 1.54) is 0 Å². The van der Waals surface area contributed by atoms with Crippen molar-refractivity contribution in [2.24, 2.45) is 5.92 Å². The molecule has 0 aromatic heterocycles. The third-order valence-electron chi connectivity index (χ3n) is 1.93. The van der Waals surface area contributed by atoms with Crippen LogP contribution in [0.15, 0.2) is 0 Å². The molecule has 0 saturated carbocycles. The van der Waals surface area contributed by atoms with Crippen molar-refractivity contribution in [1.82, 2.24) is 5.32 Å². The molecule has 0 bridgehead atoms. The standard InChI is InChI=1S/C7H11NO3/c1-3-4(2)5-6(9)11-7(10)8-5/h4-5H,3H2,1-2H3,(H,8,10)/t4-,5+/m0/s1. The zero-order valence-corrected chi connectivity index (χ0v) is 6.59. The molecule has 1 heterocycles. The van der Waals surface area contributed by atoms with Crippen LogP contribution in [0.1, 0.15) is 20.3 Å². The maximum absolute atomic E-state index is 10.9. The highest BCUT2D eigenvalue weighted by atomic mass is 16.6. The van der Waals surface area contributed by atoms with Crippen molar-refractivity contribution in [3.05, 3.63) is 0 Å². The first kappa shape index (κ1) is 8.04. The van der Waals surface area contributed by atoms with Crippen molar-refractivity contribution < 1.29 is 14.3 Å². The number of hydrogen-bond acceptors (Lipinski definition) is 3. The van der Waals surface area contributed by atoms with Crippen molar-refractivity contribution in [3.63, 3.8) is 0 Å². The van der Waals surface area contributed by atoms with Gasteiger partial charge in [0.2, 0.25) is 0 Å². The monoisotopic (exact) mass is 157 g/mol. The van der Waals surface area contributed by atoms with Crippen LogP contribution in [0.3, 0.4) is 0 Å². The Morgan fingerprint density at radius 1 is 1.64 bits per heavy atom. The van der Waals surface area contributed by atoms with Crippen molar-refractivity contribution in [1.29, 1.82) is 0 Å². The zero-order valence-electron chi connectivity index (χ0n) is 6.59. The van der Waals surface area contributed by atoms with Gasteiger partial charge in [-0.3, -0.25) is 0 Å². The van der Waals surface area contributed by atoms with E-state index in [2.05, 4.69) is 10.1 Å². The number of carbonyl (C=O) groups excluding carboxylic acids is 2. The molecular weight excluding hydrogens is 146 g/mol. The summed E-state index contributed by atoms with van der Waals surface area (Å²) in [5.41, 5.74) is 0. The van der Waals surface area contributed by atoms with E-state index in [0.717, 1.165) is 6.42 Å². The van der Waals surface area contributed by atoms with Gasteiger partial charge in [0.15, 0.2) is 0 Å². The third kappa shape index (κ3) is 1.50. The Morgan fingerprint density at radius 3 is 2.64 bits per heavy atom. The quantitative estimate of drug-likeness (QED) is 0.473. The van der Waals surface area contributed by atoms with E-state index in [-0.39, 0.29) is 5.92 Å². The molecule has 0 spiro atoms. The fraction of sp³-hybridized carbons (Fsp3) is 0.714. The molecule has 1 aliphatic heterocycles. The molecule has 0 aromatic rings.